The minimum Gasteiger partial charge on any atom is -0.245 e. The molecule has 18 heavy (non-hydrogen) atoms. The smallest absolute Gasteiger partial charge is 0.209 e. The Morgan fingerprint density at radius 3 is 2.67 bits per heavy atom. The second-order valence-electron chi connectivity index (χ2n) is 3.99. The molecule has 0 spiro atoms. The number of thiazole rings is 1. The summed E-state index contributed by atoms with van der Waals surface area (Å²) in [5.41, 5.74) is 1.96. The van der Waals surface area contributed by atoms with Crippen LogP contribution in [-0.2, 0) is 23.0 Å². The predicted molar refractivity (Wildman–Crippen MR) is 73.0 cm³/mol. The van der Waals surface area contributed by atoms with Crippen LogP contribution in [-0.4, -0.2) is 19.7 Å². The molecular formula is C12H14N2O2S2. The SMILES string of the molecule is CS(=O)(=O)NCc1csc(Cc2ccccc2)n1. The summed E-state index contributed by atoms with van der Waals surface area (Å²) in [7, 11) is -3.16. The highest BCUT2D eigenvalue weighted by atomic mass is 32.2. The fourth-order valence-electron chi connectivity index (χ4n) is 1.49. The number of nitrogens with one attached hydrogen (secondary N) is 1. The number of aromatic nitrogens is 1. The monoisotopic (exact) mass is 282 g/mol. The summed E-state index contributed by atoms with van der Waals surface area (Å²) in [6.07, 6.45) is 1.93. The molecule has 2 rings (SSSR count). The maximum absolute atomic E-state index is 11.0. The van der Waals surface area contributed by atoms with Crippen molar-refractivity contribution in [3.05, 3.63) is 52.0 Å². The van der Waals surface area contributed by atoms with Crippen molar-refractivity contribution < 1.29 is 8.42 Å². The summed E-state index contributed by atoms with van der Waals surface area (Å²) >= 11 is 1.55. The number of sulfonamides is 1. The molecule has 6 heteroatoms. The molecule has 0 radical (unpaired) electrons. The van der Waals surface area contributed by atoms with Gasteiger partial charge in [-0.3, -0.25) is 0 Å². The Bertz CT molecular complexity index is 606. The van der Waals surface area contributed by atoms with Gasteiger partial charge in [0, 0.05) is 11.8 Å². The van der Waals surface area contributed by atoms with Crippen molar-refractivity contribution in [2.45, 2.75) is 13.0 Å². The number of benzene rings is 1. The van der Waals surface area contributed by atoms with E-state index in [2.05, 4.69) is 21.8 Å². The maximum atomic E-state index is 11.0. The van der Waals surface area contributed by atoms with Gasteiger partial charge in [-0.15, -0.1) is 11.3 Å². The molecule has 0 unspecified atom stereocenters. The Kier molecular flexibility index (Phi) is 4.11. The van der Waals surface area contributed by atoms with E-state index in [-0.39, 0.29) is 6.54 Å². The lowest BCUT2D eigenvalue weighted by Gasteiger charge is -1.98. The van der Waals surface area contributed by atoms with Gasteiger partial charge in [0.2, 0.25) is 10.0 Å². The van der Waals surface area contributed by atoms with Crippen molar-refractivity contribution in [3.63, 3.8) is 0 Å². The molecule has 0 bridgehead atoms. The largest absolute Gasteiger partial charge is 0.245 e. The Balaban J connectivity index is 1.98. The van der Waals surface area contributed by atoms with Gasteiger partial charge in [0.05, 0.1) is 23.5 Å². The fourth-order valence-corrected chi connectivity index (χ4v) is 2.72. The van der Waals surface area contributed by atoms with E-state index in [1.165, 1.54) is 5.56 Å². The summed E-state index contributed by atoms with van der Waals surface area (Å²) in [6.45, 7) is 0.254. The van der Waals surface area contributed by atoms with E-state index in [9.17, 15) is 8.42 Å². The molecule has 0 fully saturated rings. The number of hydrogen-bond acceptors (Lipinski definition) is 4. The van der Waals surface area contributed by atoms with E-state index in [1.807, 2.05) is 23.6 Å². The summed E-state index contributed by atoms with van der Waals surface area (Å²) in [5.74, 6) is 0. The fraction of sp³-hybridized carbons (Fsp3) is 0.250. The Hall–Kier alpha value is -1.24. The van der Waals surface area contributed by atoms with Crippen LogP contribution >= 0.6 is 11.3 Å². The normalized spacial score (nSPS) is 11.6. The quantitative estimate of drug-likeness (QED) is 0.909. The third-order valence-corrected chi connectivity index (χ3v) is 3.88. The van der Waals surface area contributed by atoms with Crippen LogP contribution in [0.25, 0.3) is 0 Å². The highest BCUT2D eigenvalue weighted by Crippen LogP contribution is 2.14. The van der Waals surface area contributed by atoms with Gasteiger partial charge in [0.25, 0.3) is 0 Å². The van der Waals surface area contributed by atoms with Crippen LogP contribution in [0.2, 0.25) is 0 Å². The molecule has 0 amide bonds. The van der Waals surface area contributed by atoms with Crippen LogP contribution in [0.4, 0.5) is 0 Å². The van der Waals surface area contributed by atoms with Gasteiger partial charge in [-0.25, -0.2) is 18.1 Å². The molecule has 1 aromatic heterocycles. The van der Waals surface area contributed by atoms with Gasteiger partial charge in [0.1, 0.15) is 0 Å². The molecule has 1 heterocycles. The van der Waals surface area contributed by atoms with Crippen LogP contribution in [0.1, 0.15) is 16.3 Å². The Morgan fingerprint density at radius 2 is 2.00 bits per heavy atom. The van der Waals surface area contributed by atoms with E-state index in [0.717, 1.165) is 23.4 Å². The lowest BCUT2D eigenvalue weighted by Crippen LogP contribution is -2.21. The van der Waals surface area contributed by atoms with Crippen LogP contribution in [0.5, 0.6) is 0 Å². The van der Waals surface area contributed by atoms with Gasteiger partial charge in [-0.2, -0.15) is 0 Å². The third kappa shape index (κ3) is 4.21. The Labute approximate surface area is 111 Å². The van der Waals surface area contributed by atoms with Crippen molar-refractivity contribution in [1.82, 2.24) is 9.71 Å². The average Bonchev–Trinajstić information content (AvgIpc) is 2.75. The van der Waals surface area contributed by atoms with E-state index in [1.54, 1.807) is 11.3 Å². The van der Waals surface area contributed by atoms with Crippen molar-refractivity contribution in [2.75, 3.05) is 6.26 Å². The maximum Gasteiger partial charge on any atom is 0.209 e. The van der Waals surface area contributed by atoms with Crippen molar-refractivity contribution >= 4 is 21.4 Å². The van der Waals surface area contributed by atoms with Crippen molar-refractivity contribution in [2.24, 2.45) is 0 Å². The first kappa shape index (κ1) is 13.2. The summed E-state index contributed by atoms with van der Waals surface area (Å²) in [6, 6.07) is 10.1. The van der Waals surface area contributed by atoms with Gasteiger partial charge < -0.3 is 0 Å². The summed E-state index contributed by atoms with van der Waals surface area (Å²) < 4.78 is 24.4. The molecule has 0 aliphatic heterocycles. The summed E-state index contributed by atoms with van der Waals surface area (Å²) in [4.78, 5) is 4.40. The second kappa shape index (κ2) is 5.60. The van der Waals surface area contributed by atoms with Crippen LogP contribution in [0.15, 0.2) is 35.7 Å². The van der Waals surface area contributed by atoms with Gasteiger partial charge in [0.15, 0.2) is 0 Å². The number of nitrogens with zero attached hydrogens (tertiary/aromatic N) is 1. The Morgan fingerprint density at radius 1 is 1.28 bits per heavy atom. The summed E-state index contributed by atoms with van der Waals surface area (Å²) in [5, 5.41) is 2.88. The zero-order valence-corrected chi connectivity index (χ0v) is 11.6. The molecule has 4 nitrogen and oxygen atoms in total. The molecule has 0 aliphatic carbocycles. The molecular weight excluding hydrogens is 268 g/mol. The molecule has 0 saturated heterocycles. The van der Waals surface area contributed by atoms with Gasteiger partial charge in [-0.05, 0) is 5.56 Å². The predicted octanol–water partition coefficient (Wildman–Crippen LogP) is 1.78. The van der Waals surface area contributed by atoms with Crippen LogP contribution in [0.3, 0.4) is 0 Å². The lowest BCUT2D eigenvalue weighted by atomic mass is 10.2. The van der Waals surface area contributed by atoms with E-state index >= 15 is 0 Å². The third-order valence-electron chi connectivity index (χ3n) is 2.31. The molecule has 96 valence electrons. The number of hydrogen-bond donors (Lipinski definition) is 1. The van der Waals surface area contributed by atoms with Crippen LogP contribution < -0.4 is 4.72 Å². The van der Waals surface area contributed by atoms with Crippen LogP contribution in [0, 0.1) is 0 Å². The molecule has 1 N–H and O–H groups in total. The van der Waals surface area contributed by atoms with Gasteiger partial charge >= 0.3 is 0 Å². The molecule has 0 aliphatic rings. The minimum atomic E-state index is -3.16. The zero-order valence-electron chi connectivity index (χ0n) is 9.96. The topological polar surface area (TPSA) is 59.1 Å². The first-order valence-corrected chi connectivity index (χ1v) is 8.22. The van der Waals surface area contributed by atoms with Crippen molar-refractivity contribution in [3.8, 4) is 0 Å². The second-order valence-corrected chi connectivity index (χ2v) is 6.76. The van der Waals surface area contributed by atoms with Gasteiger partial charge in [-0.1, -0.05) is 30.3 Å². The average molecular weight is 282 g/mol. The van der Waals surface area contributed by atoms with Crippen molar-refractivity contribution in [1.29, 1.82) is 0 Å². The van der Waals surface area contributed by atoms with E-state index < -0.39 is 10.0 Å². The zero-order chi connectivity index (χ0) is 13.0. The van der Waals surface area contributed by atoms with E-state index in [4.69, 9.17) is 0 Å². The standard InChI is InChI=1S/C12H14N2O2S2/c1-18(15,16)13-8-11-9-17-12(14-11)7-10-5-3-2-4-6-10/h2-6,9,13H,7-8H2,1H3. The molecule has 0 atom stereocenters. The number of rotatable bonds is 5. The highest BCUT2D eigenvalue weighted by molar-refractivity contribution is 7.88. The molecule has 2 aromatic rings. The first-order valence-electron chi connectivity index (χ1n) is 5.45. The highest BCUT2D eigenvalue weighted by Gasteiger charge is 2.05. The molecule has 1 aromatic carbocycles. The lowest BCUT2D eigenvalue weighted by molar-refractivity contribution is 0.587. The molecule has 0 saturated carbocycles. The van der Waals surface area contributed by atoms with E-state index in [0.29, 0.717) is 0 Å². The minimum absolute atomic E-state index is 0.254. The first-order chi connectivity index (χ1) is 8.53.